The van der Waals surface area contributed by atoms with Crippen molar-refractivity contribution >= 4 is 23.0 Å². The highest BCUT2D eigenvalue weighted by Gasteiger charge is 2.47. The number of nitrogens with one attached hydrogen (secondary N) is 2. The zero-order valence-corrected chi connectivity index (χ0v) is 15.7. The lowest BCUT2D eigenvalue weighted by atomic mass is 9.84. The van der Waals surface area contributed by atoms with Crippen LogP contribution in [0.15, 0.2) is 11.0 Å². The number of fused-ring (bicyclic) bond motifs is 1. The molecule has 3 heterocycles. The quantitative estimate of drug-likeness (QED) is 0.858. The van der Waals surface area contributed by atoms with Gasteiger partial charge in [0.05, 0.1) is 11.6 Å². The summed E-state index contributed by atoms with van der Waals surface area (Å²) in [7, 11) is 1.78. The molecule has 2 aliphatic carbocycles. The molecule has 1 amide bonds. The molecule has 3 aliphatic rings. The molecule has 3 fully saturated rings. The van der Waals surface area contributed by atoms with Gasteiger partial charge in [0.15, 0.2) is 5.65 Å². The number of amides is 1. The summed E-state index contributed by atoms with van der Waals surface area (Å²) in [5.74, 6) is 0.751. The Morgan fingerprint density at radius 3 is 2.78 bits per heavy atom. The van der Waals surface area contributed by atoms with Gasteiger partial charge >= 0.3 is 5.69 Å². The molecule has 2 unspecified atom stereocenters. The summed E-state index contributed by atoms with van der Waals surface area (Å²) in [6, 6.07) is 0.433. The number of hydrogen-bond acceptors (Lipinski definition) is 5. The zero-order chi connectivity index (χ0) is 18.6. The molecule has 5 rings (SSSR count). The first-order valence-corrected chi connectivity index (χ1v) is 10.1. The fourth-order valence-corrected chi connectivity index (χ4v) is 5.28. The minimum absolute atomic E-state index is 0.00852. The molecular weight excluding hydrogens is 344 g/mol. The van der Waals surface area contributed by atoms with Crippen molar-refractivity contribution in [2.24, 2.45) is 12.5 Å². The van der Waals surface area contributed by atoms with Gasteiger partial charge in [0.25, 0.3) is 0 Å². The molecule has 27 heavy (non-hydrogen) atoms. The Morgan fingerprint density at radius 1 is 1.22 bits per heavy atom. The van der Waals surface area contributed by atoms with Gasteiger partial charge < -0.3 is 10.6 Å². The minimum Gasteiger partial charge on any atom is -0.356 e. The van der Waals surface area contributed by atoms with Crippen molar-refractivity contribution < 1.29 is 4.79 Å². The fourth-order valence-electron chi connectivity index (χ4n) is 5.28. The molecule has 1 saturated heterocycles. The Morgan fingerprint density at radius 2 is 2.04 bits per heavy atom. The molecule has 2 aromatic heterocycles. The van der Waals surface area contributed by atoms with Gasteiger partial charge in [0.2, 0.25) is 11.9 Å². The van der Waals surface area contributed by atoms with Crippen LogP contribution in [0, 0.1) is 5.41 Å². The SMILES string of the molecule is Cn1c(=O)n(C2CCCC2)c2nc(NC3CCC4(CCNC4=O)C3)ncc21. The Kier molecular flexibility index (Phi) is 3.77. The maximum Gasteiger partial charge on any atom is 0.330 e. The monoisotopic (exact) mass is 370 g/mol. The first-order valence-electron chi connectivity index (χ1n) is 10.1. The molecule has 0 radical (unpaired) electrons. The van der Waals surface area contributed by atoms with E-state index < -0.39 is 0 Å². The van der Waals surface area contributed by atoms with Gasteiger partial charge in [-0.05, 0) is 38.5 Å². The highest BCUT2D eigenvalue weighted by atomic mass is 16.2. The van der Waals surface area contributed by atoms with E-state index in [0.29, 0.717) is 5.95 Å². The van der Waals surface area contributed by atoms with Crippen LogP contribution in [0.1, 0.15) is 57.4 Å². The zero-order valence-electron chi connectivity index (χ0n) is 15.7. The topological polar surface area (TPSA) is 93.8 Å². The molecule has 8 heteroatoms. The third kappa shape index (κ3) is 2.56. The molecule has 2 N–H and O–H groups in total. The van der Waals surface area contributed by atoms with E-state index >= 15 is 0 Å². The van der Waals surface area contributed by atoms with Crippen molar-refractivity contribution in [2.45, 2.75) is 63.5 Å². The van der Waals surface area contributed by atoms with E-state index in [9.17, 15) is 9.59 Å². The summed E-state index contributed by atoms with van der Waals surface area (Å²) >= 11 is 0. The molecule has 0 bridgehead atoms. The van der Waals surface area contributed by atoms with Gasteiger partial charge in [-0.1, -0.05) is 12.8 Å². The standard InChI is InChI=1S/C19H26N6O2/c1-24-14-11-21-17(22-12-6-7-19(10-12)8-9-20-16(19)26)23-15(14)25(18(24)27)13-4-2-3-5-13/h11-13H,2-10H2,1H3,(H,20,26)(H,21,22,23). The van der Waals surface area contributed by atoms with Gasteiger partial charge in [0, 0.05) is 25.7 Å². The number of rotatable bonds is 3. The first-order chi connectivity index (χ1) is 13.1. The molecule has 2 aromatic rings. The average molecular weight is 370 g/mol. The second-order valence-electron chi connectivity index (χ2n) is 8.42. The second-order valence-corrected chi connectivity index (χ2v) is 8.42. The maximum absolute atomic E-state index is 12.7. The fraction of sp³-hybridized carbons (Fsp3) is 0.684. The van der Waals surface area contributed by atoms with E-state index in [1.54, 1.807) is 17.8 Å². The van der Waals surface area contributed by atoms with Gasteiger partial charge in [-0.3, -0.25) is 13.9 Å². The van der Waals surface area contributed by atoms with E-state index in [0.717, 1.165) is 69.1 Å². The van der Waals surface area contributed by atoms with Crippen molar-refractivity contribution in [1.82, 2.24) is 24.4 Å². The summed E-state index contributed by atoms with van der Waals surface area (Å²) in [5.41, 5.74) is 1.28. The summed E-state index contributed by atoms with van der Waals surface area (Å²) in [6.45, 7) is 0.783. The summed E-state index contributed by atoms with van der Waals surface area (Å²) in [4.78, 5) is 34.1. The van der Waals surface area contributed by atoms with E-state index in [4.69, 9.17) is 4.98 Å². The number of aryl methyl sites for hydroxylation is 1. The largest absolute Gasteiger partial charge is 0.356 e. The lowest BCUT2D eigenvalue weighted by molar-refractivity contribution is -0.127. The molecule has 2 saturated carbocycles. The Hall–Kier alpha value is -2.38. The summed E-state index contributed by atoms with van der Waals surface area (Å²) in [5, 5.41) is 6.39. The minimum atomic E-state index is -0.208. The number of carbonyl (C=O) groups excluding carboxylic acids is 1. The third-order valence-electron chi connectivity index (χ3n) is 6.83. The molecule has 8 nitrogen and oxygen atoms in total. The van der Waals surface area contributed by atoms with Crippen LogP contribution in [-0.4, -0.2) is 37.6 Å². The molecule has 1 spiro atoms. The number of carbonyl (C=O) groups is 1. The normalized spacial score (nSPS) is 28.5. The smallest absolute Gasteiger partial charge is 0.330 e. The lowest BCUT2D eigenvalue weighted by Crippen LogP contribution is -2.30. The molecule has 2 atom stereocenters. The van der Waals surface area contributed by atoms with Gasteiger partial charge in [-0.2, -0.15) is 4.98 Å². The van der Waals surface area contributed by atoms with Gasteiger partial charge in [-0.15, -0.1) is 0 Å². The van der Waals surface area contributed by atoms with Crippen LogP contribution in [0.2, 0.25) is 0 Å². The molecule has 0 aromatic carbocycles. The van der Waals surface area contributed by atoms with Crippen LogP contribution < -0.4 is 16.3 Å². The van der Waals surface area contributed by atoms with Crippen LogP contribution in [0.5, 0.6) is 0 Å². The Labute approximate surface area is 157 Å². The summed E-state index contributed by atoms with van der Waals surface area (Å²) in [6.07, 6.45) is 9.73. The number of hydrogen-bond donors (Lipinski definition) is 2. The van der Waals surface area contributed by atoms with E-state index in [1.807, 2.05) is 4.57 Å². The van der Waals surface area contributed by atoms with Crippen LogP contribution in [0.3, 0.4) is 0 Å². The van der Waals surface area contributed by atoms with Crippen molar-refractivity contribution in [1.29, 1.82) is 0 Å². The molecule has 144 valence electrons. The lowest BCUT2D eigenvalue weighted by Gasteiger charge is -2.19. The highest BCUT2D eigenvalue weighted by molar-refractivity contribution is 5.85. The van der Waals surface area contributed by atoms with Crippen LogP contribution in [-0.2, 0) is 11.8 Å². The van der Waals surface area contributed by atoms with Gasteiger partial charge in [-0.25, -0.2) is 9.78 Å². The van der Waals surface area contributed by atoms with Crippen molar-refractivity contribution in [3.8, 4) is 0 Å². The number of aromatic nitrogens is 4. The first kappa shape index (κ1) is 16.8. The number of anilines is 1. The van der Waals surface area contributed by atoms with Crippen molar-refractivity contribution in [2.75, 3.05) is 11.9 Å². The van der Waals surface area contributed by atoms with Crippen LogP contribution in [0.4, 0.5) is 5.95 Å². The second kappa shape index (κ2) is 6.07. The summed E-state index contributed by atoms with van der Waals surface area (Å²) < 4.78 is 3.50. The van der Waals surface area contributed by atoms with E-state index in [2.05, 4.69) is 15.6 Å². The predicted molar refractivity (Wildman–Crippen MR) is 102 cm³/mol. The third-order valence-corrected chi connectivity index (χ3v) is 6.83. The number of imidazole rings is 1. The maximum atomic E-state index is 12.7. The van der Waals surface area contributed by atoms with Crippen LogP contribution >= 0.6 is 0 Å². The Balaban J connectivity index is 1.44. The van der Waals surface area contributed by atoms with Crippen molar-refractivity contribution in [3.05, 3.63) is 16.7 Å². The van der Waals surface area contributed by atoms with E-state index in [1.165, 1.54) is 0 Å². The predicted octanol–water partition coefficient (Wildman–Crippen LogP) is 1.72. The van der Waals surface area contributed by atoms with Crippen LogP contribution in [0.25, 0.3) is 11.2 Å². The van der Waals surface area contributed by atoms with E-state index in [-0.39, 0.29) is 29.1 Å². The molecular formula is C19H26N6O2. The number of nitrogens with zero attached hydrogens (tertiary/aromatic N) is 4. The Bertz CT molecular complexity index is 957. The van der Waals surface area contributed by atoms with Crippen molar-refractivity contribution in [3.63, 3.8) is 0 Å². The highest BCUT2D eigenvalue weighted by Crippen LogP contribution is 2.44. The average Bonchev–Trinajstić information content (AvgIpc) is 3.42. The molecule has 1 aliphatic heterocycles. The van der Waals surface area contributed by atoms with Gasteiger partial charge in [0.1, 0.15) is 5.52 Å².